The van der Waals surface area contributed by atoms with Gasteiger partial charge in [-0.25, -0.2) is 0 Å². The van der Waals surface area contributed by atoms with Crippen LogP contribution in [0.25, 0.3) is 6.08 Å². The highest BCUT2D eigenvalue weighted by molar-refractivity contribution is 6.14. The maximum Gasteiger partial charge on any atom is 0.232 e. The molecule has 1 aliphatic heterocycles. The van der Waals surface area contributed by atoms with Crippen LogP contribution in [-0.4, -0.2) is 5.78 Å². The molecule has 0 aliphatic carbocycles. The zero-order valence-electron chi connectivity index (χ0n) is 13.7. The van der Waals surface area contributed by atoms with Crippen molar-refractivity contribution in [2.24, 2.45) is 0 Å². The van der Waals surface area contributed by atoms with Crippen molar-refractivity contribution in [3.8, 4) is 11.5 Å². The highest BCUT2D eigenvalue weighted by atomic mass is 16.5. The molecular formula is C21H16O4. The summed E-state index contributed by atoms with van der Waals surface area (Å²) in [7, 11) is 0. The quantitative estimate of drug-likeness (QED) is 0.645. The van der Waals surface area contributed by atoms with Crippen LogP contribution in [0, 0.1) is 6.92 Å². The van der Waals surface area contributed by atoms with E-state index in [2.05, 4.69) is 0 Å². The van der Waals surface area contributed by atoms with Crippen LogP contribution in [0.4, 0.5) is 0 Å². The van der Waals surface area contributed by atoms with Crippen LogP contribution in [-0.2, 0) is 6.61 Å². The number of Topliss-reactive ketones (excluding diaryl/α,β-unsaturated/α-hetero) is 1. The van der Waals surface area contributed by atoms with Crippen molar-refractivity contribution in [2.45, 2.75) is 13.5 Å². The van der Waals surface area contributed by atoms with Crippen molar-refractivity contribution in [1.82, 2.24) is 0 Å². The van der Waals surface area contributed by atoms with Gasteiger partial charge in [-0.3, -0.25) is 4.79 Å². The molecule has 4 rings (SSSR count). The summed E-state index contributed by atoms with van der Waals surface area (Å²) < 4.78 is 16.9. The predicted molar refractivity (Wildman–Crippen MR) is 93.6 cm³/mol. The van der Waals surface area contributed by atoms with E-state index in [1.807, 2.05) is 43.3 Å². The molecule has 0 saturated carbocycles. The summed E-state index contributed by atoms with van der Waals surface area (Å²) >= 11 is 0. The van der Waals surface area contributed by atoms with Gasteiger partial charge in [0.2, 0.25) is 5.78 Å². The second-order valence-electron chi connectivity index (χ2n) is 5.82. The van der Waals surface area contributed by atoms with Crippen molar-refractivity contribution in [1.29, 1.82) is 0 Å². The molecule has 0 unspecified atom stereocenters. The number of benzene rings is 2. The summed E-state index contributed by atoms with van der Waals surface area (Å²) in [5.74, 6) is 2.64. The van der Waals surface area contributed by atoms with Crippen LogP contribution in [0.5, 0.6) is 11.5 Å². The van der Waals surface area contributed by atoms with Crippen LogP contribution in [0.1, 0.15) is 27.4 Å². The molecule has 0 saturated heterocycles. The monoisotopic (exact) mass is 332 g/mol. The fourth-order valence-electron chi connectivity index (χ4n) is 2.66. The highest BCUT2D eigenvalue weighted by Crippen LogP contribution is 2.35. The number of carbonyl (C=O) groups excluding carboxylic acids is 1. The van der Waals surface area contributed by atoms with E-state index in [0.717, 1.165) is 11.3 Å². The number of hydrogen-bond acceptors (Lipinski definition) is 4. The minimum Gasteiger partial charge on any atom is -0.489 e. The van der Waals surface area contributed by atoms with Crippen LogP contribution >= 0.6 is 0 Å². The van der Waals surface area contributed by atoms with Crippen LogP contribution in [0.15, 0.2) is 70.8 Å². The molecule has 124 valence electrons. The van der Waals surface area contributed by atoms with E-state index >= 15 is 0 Å². The largest absolute Gasteiger partial charge is 0.489 e. The minimum atomic E-state index is -0.154. The molecule has 1 aliphatic rings. The van der Waals surface area contributed by atoms with E-state index in [9.17, 15) is 4.79 Å². The van der Waals surface area contributed by atoms with Crippen LogP contribution in [0.3, 0.4) is 0 Å². The Morgan fingerprint density at radius 3 is 2.64 bits per heavy atom. The topological polar surface area (TPSA) is 48.7 Å². The lowest BCUT2D eigenvalue weighted by molar-refractivity contribution is 0.101. The third kappa shape index (κ3) is 3.19. The van der Waals surface area contributed by atoms with E-state index in [4.69, 9.17) is 13.9 Å². The first kappa shape index (κ1) is 15.3. The molecular weight excluding hydrogens is 316 g/mol. The lowest BCUT2D eigenvalue weighted by atomic mass is 10.1. The summed E-state index contributed by atoms with van der Waals surface area (Å²) in [5, 5.41) is 0. The molecule has 4 heteroatoms. The number of hydrogen-bond donors (Lipinski definition) is 0. The number of carbonyl (C=O) groups is 1. The second kappa shape index (κ2) is 6.32. The fraction of sp³-hybridized carbons (Fsp3) is 0.0952. The maximum atomic E-state index is 12.4. The van der Waals surface area contributed by atoms with E-state index in [0.29, 0.717) is 29.4 Å². The first-order valence-corrected chi connectivity index (χ1v) is 8.00. The first-order chi connectivity index (χ1) is 12.2. The summed E-state index contributed by atoms with van der Waals surface area (Å²) in [6, 6.07) is 18.8. The Kier molecular flexibility index (Phi) is 3.86. The van der Waals surface area contributed by atoms with Crippen molar-refractivity contribution < 1.29 is 18.7 Å². The molecule has 4 nitrogen and oxygen atoms in total. The summed E-state index contributed by atoms with van der Waals surface area (Å²) in [4.78, 5) is 12.4. The molecule has 0 amide bonds. The smallest absolute Gasteiger partial charge is 0.232 e. The summed E-state index contributed by atoms with van der Waals surface area (Å²) in [6.45, 7) is 2.31. The van der Waals surface area contributed by atoms with Gasteiger partial charge in [0.25, 0.3) is 0 Å². The number of ether oxygens (including phenoxy) is 2. The zero-order valence-corrected chi connectivity index (χ0v) is 13.7. The van der Waals surface area contributed by atoms with E-state index in [1.165, 1.54) is 0 Å². The molecule has 2 heterocycles. The van der Waals surface area contributed by atoms with Crippen molar-refractivity contribution in [3.05, 3.63) is 89.1 Å². The van der Waals surface area contributed by atoms with Gasteiger partial charge in [0.05, 0.1) is 5.56 Å². The Balaban J connectivity index is 1.52. The predicted octanol–water partition coefficient (Wildman–Crippen LogP) is 4.78. The lowest BCUT2D eigenvalue weighted by Crippen LogP contribution is -1.97. The molecule has 2 aromatic carbocycles. The van der Waals surface area contributed by atoms with Crippen molar-refractivity contribution >= 4 is 11.9 Å². The highest BCUT2D eigenvalue weighted by Gasteiger charge is 2.28. The first-order valence-electron chi connectivity index (χ1n) is 8.00. The van der Waals surface area contributed by atoms with Crippen LogP contribution < -0.4 is 9.47 Å². The van der Waals surface area contributed by atoms with Gasteiger partial charge in [0.15, 0.2) is 5.76 Å². The lowest BCUT2D eigenvalue weighted by Gasteiger charge is -2.07. The summed E-state index contributed by atoms with van der Waals surface area (Å²) in [6.07, 6.45) is 1.61. The van der Waals surface area contributed by atoms with Gasteiger partial charge in [-0.15, -0.1) is 0 Å². The fourth-order valence-corrected chi connectivity index (χ4v) is 2.66. The Morgan fingerprint density at radius 2 is 1.88 bits per heavy atom. The van der Waals surface area contributed by atoms with Crippen molar-refractivity contribution in [3.63, 3.8) is 0 Å². The SMILES string of the molecule is Cc1ccc(C=C2Oc3cc(OCc4ccccc4)ccc3C2=O)o1. The molecule has 25 heavy (non-hydrogen) atoms. The molecule has 0 atom stereocenters. The summed E-state index contributed by atoms with van der Waals surface area (Å²) in [5.41, 5.74) is 1.61. The third-order valence-corrected chi connectivity index (χ3v) is 3.92. The number of ketones is 1. The minimum absolute atomic E-state index is 0.154. The normalized spacial score (nSPS) is 14.4. The molecule has 0 fully saturated rings. The van der Waals surface area contributed by atoms with Crippen molar-refractivity contribution in [2.75, 3.05) is 0 Å². The number of allylic oxidation sites excluding steroid dienone is 1. The van der Waals surface area contributed by atoms with E-state index in [1.54, 1.807) is 30.3 Å². The number of aryl methyl sites for hydroxylation is 1. The number of fused-ring (bicyclic) bond motifs is 1. The zero-order chi connectivity index (χ0) is 17.2. The molecule has 0 N–H and O–H groups in total. The van der Waals surface area contributed by atoms with Gasteiger partial charge >= 0.3 is 0 Å². The molecule has 1 aromatic heterocycles. The van der Waals surface area contributed by atoms with Gasteiger partial charge in [-0.05, 0) is 36.8 Å². The average Bonchev–Trinajstić information content (AvgIpc) is 3.17. The second-order valence-corrected chi connectivity index (χ2v) is 5.82. The molecule has 3 aromatic rings. The average molecular weight is 332 g/mol. The van der Waals surface area contributed by atoms with E-state index in [-0.39, 0.29) is 11.5 Å². The Morgan fingerprint density at radius 1 is 1.04 bits per heavy atom. The van der Waals surface area contributed by atoms with E-state index < -0.39 is 0 Å². The van der Waals surface area contributed by atoms with Gasteiger partial charge in [0, 0.05) is 12.1 Å². The Labute approximate surface area is 145 Å². The Bertz CT molecular complexity index is 951. The van der Waals surface area contributed by atoms with Gasteiger partial charge in [0.1, 0.15) is 29.6 Å². The Hall–Kier alpha value is -3.27. The third-order valence-electron chi connectivity index (χ3n) is 3.92. The number of rotatable bonds is 4. The molecule has 0 radical (unpaired) electrons. The van der Waals surface area contributed by atoms with Crippen LogP contribution in [0.2, 0.25) is 0 Å². The molecule has 0 spiro atoms. The standard InChI is InChI=1S/C21H16O4/c1-14-7-8-17(24-14)12-20-21(22)18-10-9-16(11-19(18)25-20)23-13-15-5-3-2-4-6-15/h2-12H,13H2,1H3. The van der Waals surface area contributed by atoms with Gasteiger partial charge in [-0.2, -0.15) is 0 Å². The number of furan rings is 1. The van der Waals surface area contributed by atoms with Gasteiger partial charge in [-0.1, -0.05) is 30.3 Å². The maximum absolute atomic E-state index is 12.4. The van der Waals surface area contributed by atoms with Gasteiger partial charge < -0.3 is 13.9 Å². The molecule has 0 bridgehead atoms.